The molecule has 1 aromatic heterocycles. The number of aliphatic carboxylic acids is 1. The molecule has 1 N–H and O–H groups in total. The number of nitrogens with zero attached hydrogens (tertiary/aromatic N) is 3. The van der Waals surface area contributed by atoms with Crippen molar-refractivity contribution in [3.63, 3.8) is 0 Å². The van der Waals surface area contributed by atoms with Gasteiger partial charge in [-0.2, -0.15) is 4.98 Å². The second-order valence-electron chi connectivity index (χ2n) is 7.85. The van der Waals surface area contributed by atoms with Crippen LogP contribution in [0.5, 0.6) is 0 Å². The number of likely N-dealkylation sites (tertiary alicyclic amines) is 1. The maximum absolute atomic E-state index is 13.0. The third-order valence-electron chi connectivity index (χ3n) is 4.70. The van der Waals surface area contributed by atoms with Crippen molar-refractivity contribution < 1.29 is 19.2 Å². The van der Waals surface area contributed by atoms with Crippen LogP contribution in [-0.2, 0) is 10.2 Å². The lowest BCUT2D eigenvalue weighted by molar-refractivity contribution is -0.142. The fourth-order valence-corrected chi connectivity index (χ4v) is 3.12. The molecule has 0 bridgehead atoms. The summed E-state index contributed by atoms with van der Waals surface area (Å²) in [5.74, 6) is -0.850. The van der Waals surface area contributed by atoms with Gasteiger partial charge in [0.25, 0.3) is 11.8 Å². The molecule has 138 valence electrons. The summed E-state index contributed by atoms with van der Waals surface area (Å²) < 4.78 is 5.39. The van der Waals surface area contributed by atoms with Crippen molar-refractivity contribution in [2.75, 3.05) is 13.1 Å². The van der Waals surface area contributed by atoms with E-state index in [9.17, 15) is 14.7 Å². The Bertz CT molecular complexity index is 837. The quantitative estimate of drug-likeness (QED) is 0.907. The Labute approximate surface area is 152 Å². The summed E-state index contributed by atoms with van der Waals surface area (Å²) in [6, 6.07) is 7.05. The van der Waals surface area contributed by atoms with Gasteiger partial charge in [-0.15, -0.1) is 0 Å². The Morgan fingerprint density at radius 2 is 1.92 bits per heavy atom. The number of rotatable bonds is 3. The SMILES string of the molecule is C[C@@H]1CN(C(=O)c2ccccc2-c2nc(C(C)(C)C)no2)C[C@H]1C(=O)O. The van der Waals surface area contributed by atoms with E-state index in [0.29, 0.717) is 29.4 Å². The lowest BCUT2D eigenvalue weighted by Gasteiger charge is -2.17. The molecule has 1 saturated heterocycles. The average molecular weight is 357 g/mol. The van der Waals surface area contributed by atoms with Crippen molar-refractivity contribution in [1.29, 1.82) is 0 Å². The van der Waals surface area contributed by atoms with E-state index < -0.39 is 11.9 Å². The lowest BCUT2D eigenvalue weighted by Crippen LogP contribution is -2.30. The summed E-state index contributed by atoms with van der Waals surface area (Å²) in [5.41, 5.74) is 0.738. The summed E-state index contributed by atoms with van der Waals surface area (Å²) in [5, 5.41) is 13.3. The number of benzene rings is 1. The summed E-state index contributed by atoms with van der Waals surface area (Å²) in [6.07, 6.45) is 0. The number of hydrogen-bond donors (Lipinski definition) is 1. The number of amides is 1. The molecule has 3 rings (SSSR count). The van der Waals surface area contributed by atoms with Crippen molar-refractivity contribution in [1.82, 2.24) is 15.0 Å². The van der Waals surface area contributed by atoms with Crippen LogP contribution >= 0.6 is 0 Å². The van der Waals surface area contributed by atoms with Crippen LogP contribution in [0, 0.1) is 11.8 Å². The molecule has 2 heterocycles. The maximum atomic E-state index is 13.0. The smallest absolute Gasteiger partial charge is 0.308 e. The summed E-state index contributed by atoms with van der Waals surface area (Å²) in [4.78, 5) is 30.4. The van der Waals surface area contributed by atoms with E-state index in [4.69, 9.17) is 4.52 Å². The lowest BCUT2D eigenvalue weighted by atomic mass is 9.96. The van der Waals surface area contributed by atoms with Gasteiger partial charge < -0.3 is 14.5 Å². The topological polar surface area (TPSA) is 96.5 Å². The fraction of sp³-hybridized carbons (Fsp3) is 0.474. The first kappa shape index (κ1) is 18.1. The average Bonchev–Trinajstić information content (AvgIpc) is 3.20. The number of carbonyl (C=O) groups excluding carboxylic acids is 1. The Morgan fingerprint density at radius 3 is 2.50 bits per heavy atom. The molecule has 1 aromatic carbocycles. The molecule has 0 unspecified atom stereocenters. The molecule has 2 atom stereocenters. The molecule has 2 aromatic rings. The Morgan fingerprint density at radius 1 is 1.23 bits per heavy atom. The number of aromatic nitrogens is 2. The minimum Gasteiger partial charge on any atom is -0.481 e. The summed E-state index contributed by atoms with van der Waals surface area (Å²) in [7, 11) is 0. The van der Waals surface area contributed by atoms with Gasteiger partial charge in [0.2, 0.25) is 0 Å². The Hall–Kier alpha value is -2.70. The zero-order valence-electron chi connectivity index (χ0n) is 15.4. The van der Waals surface area contributed by atoms with Crippen molar-refractivity contribution in [2.24, 2.45) is 11.8 Å². The molecule has 1 aliphatic rings. The van der Waals surface area contributed by atoms with Crippen LogP contribution < -0.4 is 0 Å². The highest BCUT2D eigenvalue weighted by Gasteiger charge is 2.38. The van der Waals surface area contributed by atoms with Crippen LogP contribution in [0.4, 0.5) is 0 Å². The number of carbonyl (C=O) groups is 2. The molecule has 26 heavy (non-hydrogen) atoms. The van der Waals surface area contributed by atoms with Gasteiger partial charge in [0.15, 0.2) is 5.82 Å². The van der Waals surface area contributed by atoms with Crippen LogP contribution in [0.15, 0.2) is 28.8 Å². The third kappa shape index (κ3) is 3.34. The van der Waals surface area contributed by atoms with Crippen LogP contribution in [0.3, 0.4) is 0 Å². The molecule has 0 spiro atoms. The minimum absolute atomic E-state index is 0.0838. The van der Waals surface area contributed by atoms with Crippen LogP contribution in [-0.4, -0.2) is 45.1 Å². The molecule has 7 nitrogen and oxygen atoms in total. The zero-order valence-corrected chi connectivity index (χ0v) is 15.4. The molecule has 1 aliphatic heterocycles. The molecule has 7 heteroatoms. The highest BCUT2D eigenvalue weighted by molar-refractivity contribution is 6.00. The van der Waals surface area contributed by atoms with E-state index in [2.05, 4.69) is 10.1 Å². The normalized spacial score (nSPS) is 20.4. The van der Waals surface area contributed by atoms with Gasteiger partial charge in [0, 0.05) is 18.5 Å². The second-order valence-corrected chi connectivity index (χ2v) is 7.85. The number of carboxylic acids is 1. The van der Waals surface area contributed by atoms with Gasteiger partial charge in [-0.3, -0.25) is 9.59 Å². The summed E-state index contributed by atoms with van der Waals surface area (Å²) in [6.45, 7) is 8.43. The predicted molar refractivity (Wildman–Crippen MR) is 94.6 cm³/mol. The highest BCUT2D eigenvalue weighted by atomic mass is 16.5. The molecular weight excluding hydrogens is 334 g/mol. The highest BCUT2D eigenvalue weighted by Crippen LogP contribution is 2.29. The molecule has 1 fully saturated rings. The van der Waals surface area contributed by atoms with Crippen LogP contribution in [0.1, 0.15) is 43.9 Å². The van der Waals surface area contributed by atoms with E-state index in [0.717, 1.165) is 0 Å². The van der Waals surface area contributed by atoms with Crippen molar-refractivity contribution in [2.45, 2.75) is 33.1 Å². The first-order chi connectivity index (χ1) is 12.2. The first-order valence-electron chi connectivity index (χ1n) is 8.64. The molecule has 0 saturated carbocycles. The van der Waals surface area contributed by atoms with Crippen molar-refractivity contribution in [3.8, 4) is 11.5 Å². The van der Waals surface area contributed by atoms with Gasteiger partial charge >= 0.3 is 5.97 Å². The van der Waals surface area contributed by atoms with Gasteiger partial charge in [0.05, 0.1) is 17.0 Å². The monoisotopic (exact) mass is 357 g/mol. The fourth-order valence-electron chi connectivity index (χ4n) is 3.12. The van der Waals surface area contributed by atoms with Gasteiger partial charge in [-0.25, -0.2) is 0 Å². The Kier molecular flexibility index (Phi) is 4.56. The number of hydrogen-bond acceptors (Lipinski definition) is 5. The van der Waals surface area contributed by atoms with Gasteiger partial charge in [-0.05, 0) is 18.1 Å². The minimum atomic E-state index is -0.868. The first-order valence-corrected chi connectivity index (χ1v) is 8.64. The van der Waals surface area contributed by atoms with Crippen LogP contribution in [0.2, 0.25) is 0 Å². The maximum Gasteiger partial charge on any atom is 0.308 e. The zero-order chi connectivity index (χ0) is 19.1. The Balaban J connectivity index is 1.92. The van der Waals surface area contributed by atoms with E-state index >= 15 is 0 Å². The van der Waals surface area contributed by atoms with E-state index in [1.807, 2.05) is 27.7 Å². The third-order valence-corrected chi connectivity index (χ3v) is 4.70. The van der Waals surface area contributed by atoms with Gasteiger partial charge in [0.1, 0.15) is 0 Å². The largest absolute Gasteiger partial charge is 0.481 e. The standard InChI is InChI=1S/C19H23N3O4/c1-11-9-22(10-14(11)17(24)25)16(23)13-8-6-5-7-12(13)15-20-18(21-26-15)19(2,3)4/h5-8,11,14H,9-10H2,1-4H3,(H,24,25)/t11-,14-/m1/s1. The van der Waals surface area contributed by atoms with Crippen molar-refractivity contribution >= 4 is 11.9 Å². The van der Waals surface area contributed by atoms with Crippen LogP contribution in [0.25, 0.3) is 11.5 Å². The van der Waals surface area contributed by atoms with Crippen molar-refractivity contribution in [3.05, 3.63) is 35.7 Å². The number of carboxylic acid groups (broad SMARTS) is 1. The predicted octanol–water partition coefficient (Wildman–Crippen LogP) is 2.83. The van der Waals surface area contributed by atoms with E-state index in [-0.39, 0.29) is 23.8 Å². The molecular formula is C19H23N3O4. The molecule has 1 amide bonds. The van der Waals surface area contributed by atoms with E-state index in [1.54, 1.807) is 29.2 Å². The molecule has 0 radical (unpaired) electrons. The summed E-state index contributed by atoms with van der Waals surface area (Å²) >= 11 is 0. The molecule has 0 aliphatic carbocycles. The van der Waals surface area contributed by atoms with Gasteiger partial charge in [-0.1, -0.05) is 45.0 Å². The second kappa shape index (κ2) is 6.55. The van der Waals surface area contributed by atoms with E-state index in [1.165, 1.54) is 0 Å².